The summed E-state index contributed by atoms with van der Waals surface area (Å²) >= 11 is 0. The first-order valence-corrected chi connectivity index (χ1v) is 5.69. The van der Waals surface area contributed by atoms with Crippen molar-refractivity contribution < 1.29 is 4.79 Å². The van der Waals surface area contributed by atoms with Gasteiger partial charge in [0.2, 0.25) is 11.9 Å². The molecule has 17 heavy (non-hydrogen) atoms. The quantitative estimate of drug-likeness (QED) is 0.785. The van der Waals surface area contributed by atoms with Crippen LogP contribution in [0, 0.1) is 6.92 Å². The number of nitrogens with zero attached hydrogens (tertiary/aromatic N) is 3. The Morgan fingerprint density at radius 3 is 2.71 bits per heavy atom. The number of nitrogens with one attached hydrogen (secondary N) is 1. The molecule has 0 saturated heterocycles. The van der Waals surface area contributed by atoms with Gasteiger partial charge in [0.1, 0.15) is 5.82 Å². The molecule has 1 rings (SSSR count). The van der Waals surface area contributed by atoms with E-state index in [1.165, 1.54) is 0 Å². The van der Waals surface area contributed by atoms with Crippen LogP contribution in [0.1, 0.15) is 19.4 Å². The predicted molar refractivity (Wildman–Crippen MR) is 67.6 cm³/mol. The van der Waals surface area contributed by atoms with Crippen LogP contribution in [0.15, 0.2) is 6.20 Å². The van der Waals surface area contributed by atoms with Gasteiger partial charge in [0.05, 0.1) is 6.54 Å². The van der Waals surface area contributed by atoms with E-state index in [0.717, 1.165) is 5.56 Å². The van der Waals surface area contributed by atoms with Crippen molar-refractivity contribution in [3.8, 4) is 0 Å². The fraction of sp³-hybridized carbons (Fsp3) is 0.545. The normalized spacial score (nSPS) is 10.1. The summed E-state index contributed by atoms with van der Waals surface area (Å²) in [5.41, 5.74) is 6.36. The van der Waals surface area contributed by atoms with E-state index in [1.54, 1.807) is 11.1 Å². The van der Waals surface area contributed by atoms with E-state index in [1.807, 2.05) is 20.8 Å². The fourth-order valence-electron chi connectivity index (χ4n) is 1.48. The number of rotatable bonds is 5. The zero-order valence-electron chi connectivity index (χ0n) is 10.5. The second-order valence-corrected chi connectivity index (χ2v) is 3.68. The van der Waals surface area contributed by atoms with Crippen molar-refractivity contribution in [2.24, 2.45) is 0 Å². The van der Waals surface area contributed by atoms with Crippen LogP contribution in [0.3, 0.4) is 0 Å². The molecule has 1 aromatic rings. The number of likely N-dealkylation sites (N-methyl/N-ethyl adjacent to an activating group) is 1. The largest absolute Gasteiger partial charge is 0.368 e. The average molecular weight is 237 g/mol. The van der Waals surface area contributed by atoms with Gasteiger partial charge < -0.3 is 16.0 Å². The van der Waals surface area contributed by atoms with E-state index in [4.69, 9.17) is 5.73 Å². The lowest BCUT2D eigenvalue weighted by molar-refractivity contribution is -0.128. The number of nitrogens with two attached hydrogens (primary N) is 1. The molecule has 1 aromatic heterocycles. The van der Waals surface area contributed by atoms with Crippen LogP contribution in [0.25, 0.3) is 0 Å². The Labute approximate surface area is 101 Å². The van der Waals surface area contributed by atoms with Crippen LogP contribution in [0.4, 0.5) is 11.8 Å². The van der Waals surface area contributed by atoms with Gasteiger partial charge in [-0.2, -0.15) is 4.98 Å². The monoisotopic (exact) mass is 237 g/mol. The number of aryl methyl sites for hydroxylation is 1. The molecule has 0 atom stereocenters. The molecule has 0 bridgehead atoms. The molecule has 94 valence electrons. The topological polar surface area (TPSA) is 84.1 Å². The van der Waals surface area contributed by atoms with E-state index in [9.17, 15) is 4.79 Å². The third kappa shape index (κ3) is 3.58. The summed E-state index contributed by atoms with van der Waals surface area (Å²) in [7, 11) is 0. The number of carbonyl (C=O) groups excluding carboxylic acids is 1. The van der Waals surface area contributed by atoms with Gasteiger partial charge >= 0.3 is 0 Å². The lowest BCUT2D eigenvalue weighted by Gasteiger charge is -2.19. The second-order valence-electron chi connectivity index (χ2n) is 3.68. The van der Waals surface area contributed by atoms with Gasteiger partial charge in [0.25, 0.3) is 0 Å². The van der Waals surface area contributed by atoms with Crippen LogP contribution in [0.2, 0.25) is 0 Å². The Kier molecular flexibility index (Phi) is 4.68. The molecule has 0 unspecified atom stereocenters. The molecule has 0 saturated carbocycles. The van der Waals surface area contributed by atoms with Gasteiger partial charge in [-0.15, -0.1) is 0 Å². The molecule has 1 amide bonds. The van der Waals surface area contributed by atoms with Crippen molar-refractivity contribution in [3.63, 3.8) is 0 Å². The summed E-state index contributed by atoms with van der Waals surface area (Å²) in [5, 5.41) is 2.98. The first-order valence-electron chi connectivity index (χ1n) is 5.69. The number of anilines is 2. The molecule has 3 N–H and O–H groups in total. The van der Waals surface area contributed by atoms with Crippen molar-refractivity contribution in [1.29, 1.82) is 0 Å². The minimum Gasteiger partial charge on any atom is -0.368 e. The standard InChI is InChI=1S/C11H19N5O/c1-4-16(5-2)9(17)7-13-10-8(3)6-14-11(12)15-10/h6H,4-5,7H2,1-3H3,(H3,12,13,14,15). The Hall–Kier alpha value is -1.85. The molecule has 0 aliphatic heterocycles. The third-order valence-corrected chi connectivity index (χ3v) is 2.51. The summed E-state index contributed by atoms with van der Waals surface area (Å²) in [6.07, 6.45) is 1.63. The Balaban J connectivity index is 2.61. The number of amides is 1. The van der Waals surface area contributed by atoms with Crippen molar-refractivity contribution in [2.45, 2.75) is 20.8 Å². The highest BCUT2D eigenvalue weighted by Crippen LogP contribution is 2.10. The molecule has 0 aromatic carbocycles. The number of nitrogen functional groups attached to an aromatic ring is 1. The smallest absolute Gasteiger partial charge is 0.241 e. The molecule has 0 radical (unpaired) electrons. The zero-order chi connectivity index (χ0) is 12.8. The summed E-state index contributed by atoms with van der Waals surface area (Å²) in [4.78, 5) is 21.4. The van der Waals surface area contributed by atoms with Crippen molar-refractivity contribution >= 4 is 17.7 Å². The van der Waals surface area contributed by atoms with Crippen LogP contribution in [-0.4, -0.2) is 40.4 Å². The second kappa shape index (κ2) is 6.03. The summed E-state index contributed by atoms with van der Waals surface area (Å²) < 4.78 is 0. The number of hydrogen-bond donors (Lipinski definition) is 2. The van der Waals surface area contributed by atoms with E-state index < -0.39 is 0 Å². The third-order valence-electron chi connectivity index (χ3n) is 2.51. The Morgan fingerprint density at radius 2 is 2.12 bits per heavy atom. The van der Waals surface area contributed by atoms with Gasteiger partial charge in [-0.1, -0.05) is 0 Å². The highest BCUT2D eigenvalue weighted by molar-refractivity contribution is 5.80. The van der Waals surface area contributed by atoms with E-state index >= 15 is 0 Å². The number of hydrogen-bond acceptors (Lipinski definition) is 5. The predicted octanol–water partition coefficient (Wildman–Crippen LogP) is 0.648. The lowest BCUT2D eigenvalue weighted by atomic mass is 10.3. The van der Waals surface area contributed by atoms with E-state index in [0.29, 0.717) is 18.9 Å². The molecular weight excluding hydrogens is 218 g/mol. The van der Waals surface area contributed by atoms with Crippen molar-refractivity contribution in [3.05, 3.63) is 11.8 Å². The van der Waals surface area contributed by atoms with Crippen LogP contribution < -0.4 is 11.1 Å². The molecule has 0 aliphatic rings. The Morgan fingerprint density at radius 1 is 1.47 bits per heavy atom. The highest BCUT2D eigenvalue weighted by atomic mass is 16.2. The highest BCUT2D eigenvalue weighted by Gasteiger charge is 2.10. The van der Waals surface area contributed by atoms with E-state index in [-0.39, 0.29) is 18.4 Å². The van der Waals surface area contributed by atoms with Gasteiger partial charge in [-0.3, -0.25) is 4.79 Å². The SMILES string of the molecule is CCN(CC)C(=O)CNc1nc(N)ncc1C. The van der Waals surface area contributed by atoms with Crippen molar-refractivity contribution in [2.75, 3.05) is 30.7 Å². The van der Waals surface area contributed by atoms with Gasteiger partial charge in [0.15, 0.2) is 0 Å². The molecule has 0 spiro atoms. The maximum atomic E-state index is 11.8. The minimum absolute atomic E-state index is 0.0478. The maximum absolute atomic E-state index is 11.8. The lowest BCUT2D eigenvalue weighted by Crippen LogP contribution is -2.35. The minimum atomic E-state index is 0.0478. The van der Waals surface area contributed by atoms with Gasteiger partial charge in [-0.05, 0) is 20.8 Å². The van der Waals surface area contributed by atoms with Gasteiger partial charge in [-0.25, -0.2) is 4.98 Å². The zero-order valence-corrected chi connectivity index (χ0v) is 10.5. The molecule has 6 nitrogen and oxygen atoms in total. The average Bonchev–Trinajstić information content (AvgIpc) is 2.32. The Bertz CT molecular complexity index is 389. The maximum Gasteiger partial charge on any atom is 0.241 e. The molecule has 1 heterocycles. The van der Waals surface area contributed by atoms with Gasteiger partial charge in [0, 0.05) is 24.8 Å². The summed E-state index contributed by atoms with van der Waals surface area (Å²) in [6.45, 7) is 7.41. The first kappa shape index (κ1) is 13.2. The molecule has 0 aliphatic carbocycles. The first-order chi connectivity index (χ1) is 8.08. The summed E-state index contributed by atoms with van der Waals surface area (Å²) in [6, 6.07) is 0. The van der Waals surface area contributed by atoms with E-state index in [2.05, 4.69) is 15.3 Å². The fourth-order valence-corrected chi connectivity index (χ4v) is 1.48. The molecule has 6 heteroatoms. The van der Waals surface area contributed by atoms with Crippen molar-refractivity contribution in [1.82, 2.24) is 14.9 Å². The molecule has 0 fully saturated rings. The van der Waals surface area contributed by atoms with Crippen LogP contribution in [-0.2, 0) is 4.79 Å². The number of aromatic nitrogens is 2. The molecular formula is C11H19N5O. The number of carbonyl (C=O) groups is 1. The summed E-state index contributed by atoms with van der Waals surface area (Å²) in [5.74, 6) is 0.859. The van der Waals surface area contributed by atoms with Crippen LogP contribution >= 0.6 is 0 Å². The van der Waals surface area contributed by atoms with Crippen LogP contribution in [0.5, 0.6) is 0 Å².